The van der Waals surface area contributed by atoms with Crippen molar-refractivity contribution in [3.05, 3.63) is 29.1 Å². The highest BCUT2D eigenvalue weighted by Crippen LogP contribution is 2.35. The van der Waals surface area contributed by atoms with Crippen LogP contribution in [-0.2, 0) is 9.53 Å². The molecule has 2 aromatic rings. The fourth-order valence-electron chi connectivity index (χ4n) is 3.75. The van der Waals surface area contributed by atoms with Crippen molar-refractivity contribution in [3.63, 3.8) is 0 Å². The summed E-state index contributed by atoms with van der Waals surface area (Å²) in [5, 5.41) is 2.29. The molecule has 1 aromatic carbocycles. The molecule has 1 saturated carbocycles. The average Bonchev–Trinajstić information content (AvgIpc) is 3.27. The van der Waals surface area contributed by atoms with Crippen LogP contribution in [0.15, 0.2) is 17.5 Å². The lowest BCUT2D eigenvalue weighted by Crippen LogP contribution is -2.24. The predicted molar refractivity (Wildman–Crippen MR) is 107 cm³/mol. The number of aromatic nitrogens is 1. The molecular weight excluding hydrogens is 398 g/mol. The Morgan fingerprint density at radius 3 is 2.69 bits per heavy atom. The first-order chi connectivity index (χ1) is 14.0. The number of benzene rings is 1. The van der Waals surface area contributed by atoms with Gasteiger partial charge in [0.1, 0.15) is 23.4 Å². The van der Waals surface area contributed by atoms with Gasteiger partial charge in [-0.2, -0.15) is 0 Å². The zero-order valence-corrected chi connectivity index (χ0v) is 17.1. The molecule has 2 fully saturated rings. The van der Waals surface area contributed by atoms with Crippen LogP contribution in [0.2, 0.25) is 0 Å². The number of hydrogen-bond donors (Lipinski definition) is 0. The standard InChI is InChI=1S/C21H24F2N2O3S/c1-2-27-19(26)8-13-6-7-25(11-13)20-16(22)9-14(10-17(20)23)18-12-29-21(24-18)28-15-4-3-5-15/h9-10,12-13,15H,2-8,11H2,1H3. The average molecular weight is 422 g/mol. The van der Waals surface area contributed by atoms with E-state index in [9.17, 15) is 13.6 Å². The summed E-state index contributed by atoms with van der Waals surface area (Å²) in [6, 6.07) is 2.64. The Balaban J connectivity index is 1.45. The molecule has 156 valence electrons. The van der Waals surface area contributed by atoms with Crippen molar-refractivity contribution in [1.82, 2.24) is 4.98 Å². The van der Waals surface area contributed by atoms with E-state index in [1.165, 1.54) is 23.5 Å². The fraction of sp³-hybridized carbons (Fsp3) is 0.524. The smallest absolute Gasteiger partial charge is 0.306 e. The molecule has 0 N–H and O–H groups in total. The van der Waals surface area contributed by atoms with Crippen molar-refractivity contribution in [1.29, 1.82) is 0 Å². The van der Waals surface area contributed by atoms with Crippen LogP contribution >= 0.6 is 11.3 Å². The maximum absolute atomic E-state index is 14.8. The van der Waals surface area contributed by atoms with E-state index in [-0.39, 0.29) is 30.1 Å². The van der Waals surface area contributed by atoms with E-state index >= 15 is 0 Å². The molecule has 4 rings (SSSR count). The maximum atomic E-state index is 14.8. The van der Waals surface area contributed by atoms with Gasteiger partial charge in [-0.3, -0.25) is 4.79 Å². The Labute approximate surface area is 172 Å². The second-order valence-corrected chi connectivity index (χ2v) is 8.39. The molecular formula is C21H24F2N2O3S. The Morgan fingerprint density at radius 1 is 1.28 bits per heavy atom. The molecule has 0 spiro atoms. The summed E-state index contributed by atoms with van der Waals surface area (Å²) in [5.41, 5.74) is 0.863. The number of carbonyl (C=O) groups excluding carboxylic acids is 1. The van der Waals surface area contributed by atoms with Crippen LogP contribution in [-0.4, -0.2) is 36.8 Å². The topological polar surface area (TPSA) is 51.7 Å². The number of ether oxygens (including phenoxy) is 2. The van der Waals surface area contributed by atoms with Crippen molar-refractivity contribution < 1.29 is 23.0 Å². The van der Waals surface area contributed by atoms with E-state index in [4.69, 9.17) is 9.47 Å². The third-order valence-corrected chi connectivity index (χ3v) is 6.21. The largest absolute Gasteiger partial charge is 0.467 e. The van der Waals surface area contributed by atoms with Crippen LogP contribution in [0.25, 0.3) is 11.3 Å². The van der Waals surface area contributed by atoms with Crippen molar-refractivity contribution in [2.45, 2.75) is 45.1 Å². The number of rotatable bonds is 7. The molecule has 0 bridgehead atoms. The van der Waals surface area contributed by atoms with Gasteiger partial charge in [-0.25, -0.2) is 13.8 Å². The van der Waals surface area contributed by atoms with E-state index in [0.29, 0.717) is 42.6 Å². The minimum atomic E-state index is -0.619. The minimum absolute atomic E-state index is 0.0391. The minimum Gasteiger partial charge on any atom is -0.467 e. The molecule has 0 amide bonds. The number of hydrogen-bond acceptors (Lipinski definition) is 6. The molecule has 1 aliphatic heterocycles. The van der Waals surface area contributed by atoms with Gasteiger partial charge in [0.2, 0.25) is 0 Å². The SMILES string of the molecule is CCOC(=O)CC1CCN(c2c(F)cc(-c3csc(OC4CCC4)n3)cc2F)C1. The van der Waals surface area contributed by atoms with E-state index in [1.54, 1.807) is 17.2 Å². The quantitative estimate of drug-likeness (QED) is 0.600. The van der Waals surface area contributed by atoms with Gasteiger partial charge in [0.15, 0.2) is 0 Å². The summed E-state index contributed by atoms with van der Waals surface area (Å²) in [7, 11) is 0. The number of anilines is 1. The van der Waals surface area contributed by atoms with Crippen molar-refractivity contribution in [3.8, 4) is 16.5 Å². The molecule has 1 atom stereocenters. The monoisotopic (exact) mass is 422 g/mol. The molecule has 29 heavy (non-hydrogen) atoms. The van der Waals surface area contributed by atoms with Gasteiger partial charge >= 0.3 is 5.97 Å². The molecule has 1 aliphatic carbocycles. The van der Waals surface area contributed by atoms with Gasteiger partial charge < -0.3 is 14.4 Å². The number of nitrogens with zero attached hydrogens (tertiary/aromatic N) is 2. The molecule has 0 radical (unpaired) electrons. The second kappa shape index (κ2) is 8.65. The van der Waals surface area contributed by atoms with Crippen LogP contribution in [0.1, 0.15) is 39.0 Å². The molecule has 5 nitrogen and oxygen atoms in total. The number of halogens is 2. The molecule has 2 aliphatic rings. The first-order valence-corrected chi connectivity index (χ1v) is 10.9. The van der Waals surface area contributed by atoms with Crippen molar-refractivity contribution in [2.24, 2.45) is 5.92 Å². The first-order valence-electron chi connectivity index (χ1n) is 10.1. The predicted octanol–water partition coefficient (Wildman–Crippen LogP) is 4.80. The second-order valence-electron chi connectivity index (χ2n) is 7.57. The van der Waals surface area contributed by atoms with E-state index in [0.717, 1.165) is 19.3 Å². The van der Waals surface area contributed by atoms with Crippen molar-refractivity contribution >= 4 is 23.0 Å². The van der Waals surface area contributed by atoms with Crippen LogP contribution in [0.4, 0.5) is 14.5 Å². The summed E-state index contributed by atoms with van der Waals surface area (Å²) >= 11 is 1.34. The van der Waals surface area contributed by atoms with Crippen molar-refractivity contribution in [2.75, 3.05) is 24.6 Å². The van der Waals surface area contributed by atoms with Gasteiger partial charge in [0, 0.05) is 24.0 Å². The van der Waals surface area contributed by atoms with E-state index in [2.05, 4.69) is 4.98 Å². The molecule has 1 unspecified atom stereocenters. The Kier molecular flexibility index (Phi) is 5.99. The van der Waals surface area contributed by atoms with Gasteiger partial charge in [-0.1, -0.05) is 11.3 Å². The van der Waals surface area contributed by atoms with E-state index in [1.807, 2.05) is 0 Å². The Hall–Kier alpha value is -2.22. The van der Waals surface area contributed by atoms with Gasteiger partial charge in [0.05, 0.1) is 18.7 Å². The van der Waals surface area contributed by atoms with Crippen LogP contribution < -0.4 is 9.64 Å². The number of thiazole rings is 1. The Morgan fingerprint density at radius 2 is 2.03 bits per heavy atom. The molecule has 8 heteroatoms. The highest BCUT2D eigenvalue weighted by molar-refractivity contribution is 7.11. The van der Waals surface area contributed by atoms with Crippen LogP contribution in [0, 0.1) is 17.6 Å². The molecule has 1 saturated heterocycles. The van der Waals surface area contributed by atoms with Crippen LogP contribution in [0.5, 0.6) is 5.19 Å². The third kappa shape index (κ3) is 4.52. The van der Waals surface area contributed by atoms with Gasteiger partial charge in [-0.05, 0) is 50.7 Å². The lowest BCUT2D eigenvalue weighted by molar-refractivity contribution is -0.144. The highest BCUT2D eigenvalue weighted by Gasteiger charge is 2.29. The summed E-state index contributed by atoms with van der Waals surface area (Å²) in [6.45, 7) is 3.04. The summed E-state index contributed by atoms with van der Waals surface area (Å²) in [6.07, 6.45) is 4.40. The van der Waals surface area contributed by atoms with Gasteiger partial charge in [-0.15, -0.1) is 0 Å². The number of carbonyl (C=O) groups is 1. The normalized spacial score (nSPS) is 19.3. The van der Waals surface area contributed by atoms with E-state index < -0.39 is 11.6 Å². The first kappa shape index (κ1) is 20.1. The third-order valence-electron chi connectivity index (χ3n) is 5.48. The number of esters is 1. The summed E-state index contributed by atoms with van der Waals surface area (Å²) in [5.74, 6) is -1.46. The maximum Gasteiger partial charge on any atom is 0.306 e. The van der Waals surface area contributed by atoms with Gasteiger partial charge in [0.25, 0.3) is 5.19 Å². The summed E-state index contributed by atoms with van der Waals surface area (Å²) < 4.78 is 40.3. The zero-order valence-electron chi connectivity index (χ0n) is 16.3. The molecule has 2 heterocycles. The molecule has 1 aromatic heterocycles. The zero-order chi connectivity index (χ0) is 20.4. The lowest BCUT2D eigenvalue weighted by Gasteiger charge is -2.24. The highest BCUT2D eigenvalue weighted by atomic mass is 32.1. The Bertz CT molecular complexity index is 862. The fourth-order valence-corrected chi connectivity index (χ4v) is 4.49. The van der Waals surface area contributed by atoms with Crippen LogP contribution in [0.3, 0.4) is 0 Å². The lowest BCUT2D eigenvalue weighted by atomic mass is 9.96. The summed E-state index contributed by atoms with van der Waals surface area (Å²) in [4.78, 5) is 17.7.